The molecule has 28 heavy (non-hydrogen) atoms. The summed E-state index contributed by atoms with van der Waals surface area (Å²) in [6.45, 7) is 5.22. The second-order valence-corrected chi connectivity index (χ2v) is 7.47. The van der Waals surface area contributed by atoms with Crippen LogP contribution in [0.2, 0.25) is 0 Å². The van der Waals surface area contributed by atoms with E-state index in [4.69, 9.17) is 9.72 Å². The van der Waals surface area contributed by atoms with Crippen LogP contribution < -0.4 is 4.90 Å². The highest BCUT2D eigenvalue weighted by atomic mass is 16.5. The molecule has 0 N–H and O–H groups in total. The molecular formula is C20H24N6O2. The van der Waals surface area contributed by atoms with Crippen LogP contribution in [0.5, 0.6) is 0 Å². The van der Waals surface area contributed by atoms with Crippen molar-refractivity contribution in [2.75, 3.05) is 37.7 Å². The average molecular weight is 380 g/mol. The van der Waals surface area contributed by atoms with Crippen molar-refractivity contribution >= 4 is 28.4 Å². The summed E-state index contributed by atoms with van der Waals surface area (Å²) in [5.41, 5.74) is 1.67. The van der Waals surface area contributed by atoms with Crippen molar-refractivity contribution < 1.29 is 9.53 Å². The minimum atomic E-state index is -0.215. The standard InChI is InChI=1S/C20H24N6O2/c1-14-21-18-15-6-2-3-7-16(15)22-20(26(18)23-14)25-9-5-4-8-17(25)19(27)24-10-12-28-13-11-24/h2-3,6-7,17H,4-5,8-13H2,1H3. The molecule has 0 bridgehead atoms. The van der Waals surface area contributed by atoms with Gasteiger partial charge in [0.1, 0.15) is 11.9 Å². The Bertz CT molecular complexity index is 1030. The van der Waals surface area contributed by atoms with Gasteiger partial charge in [-0.15, -0.1) is 5.10 Å². The van der Waals surface area contributed by atoms with Crippen LogP contribution in [0.15, 0.2) is 24.3 Å². The SMILES string of the molecule is Cc1nc2c3ccccc3nc(N3CCCCC3C(=O)N3CCOCC3)n2n1. The third kappa shape index (κ3) is 2.88. The lowest BCUT2D eigenvalue weighted by Gasteiger charge is -2.39. The first-order valence-corrected chi connectivity index (χ1v) is 9.98. The molecule has 0 spiro atoms. The lowest BCUT2D eigenvalue weighted by atomic mass is 10.0. The van der Waals surface area contributed by atoms with Crippen LogP contribution in [0.25, 0.3) is 16.6 Å². The summed E-state index contributed by atoms with van der Waals surface area (Å²) in [7, 11) is 0. The highest BCUT2D eigenvalue weighted by molar-refractivity contribution is 5.93. The smallest absolute Gasteiger partial charge is 0.245 e. The minimum absolute atomic E-state index is 0.169. The molecule has 2 aromatic heterocycles. The largest absolute Gasteiger partial charge is 0.378 e. The maximum Gasteiger partial charge on any atom is 0.245 e. The van der Waals surface area contributed by atoms with Crippen LogP contribution in [-0.2, 0) is 9.53 Å². The number of piperidine rings is 1. The van der Waals surface area contributed by atoms with Gasteiger partial charge in [-0.3, -0.25) is 4.79 Å². The van der Waals surface area contributed by atoms with Crippen LogP contribution in [0, 0.1) is 6.92 Å². The van der Waals surface area contributed by atoms with Crippen LogP contribution in [0.4, 0.5) is 5.95 Å². The topological polar surface area (TPSA) is 75.9 Å². The molecule has 1 aromatic carbocycles. The van der Waals surface area contributed by atoms with E-state index in [-0.39, 0.29) is 11.9 Å². The monoisotopic (exact) mass is 380 g/mol. The number of rotatable bonds is 2. The fourth-order valence-corrected chi connectivity index (χ4v) is 4.25. The molecular weight excluding hydrogens is 356 g/mol. The number of ether oxygens (including phenoxy) is 1. The molecule has 1 atom stereocenters. The zero-order chi connectivity index (χ0) is 19.1. The summed E-state index contributed by atoms with van der Waals surface area (Å²) in [4.78, 5) is 26.9. The summed E-state index contributed by atoms with van der Waals surface area (Å²) < 4.78 is 7.22. The molecule has 2 aliphatic rings. The van der Waals surface area contributed by atoms with E-state index in [0.717, 1.165) is 42.4 Å². The predicted molar refractivity (Wildman–Crippen MR) is 105 cm³/mol. The van der Waals surface area contributed by atoms with E-state index in [1.54, 1.807) is 0 Å². The van der Waals surface area contributed by atoms with Crippen molar-refractivity contribution in [2.24, 2.45) is 0 Å². The highest BCUT2D eigenvalue weighted by Crippen LogP contribution is 2.28. The summed E-state index contributed by atoms with van der Waals surface area (Å²) in [6.07, 6.45) is 2.92. The molecule has 5 rings (SSSR count). The van der Waals surface area contributed by atoms with Gasteiger partial charge in [0.15, 0.2) is 5.65 Å². The number of aryl methyl sites for hydroxylation is 1. The number of anilines is 1. The van der Waals surface area contributed by atoms with Gasteiger partial charge in [0.05, 0.1) is 18.7 Å². The van der Waals surface area contributed by atoms with E-state index in [1.807, 2.05) is 40.6 Å². The van der Waals surface area contributed by atoms with Crippen molar-refractivity contribution in [1.29, 1.82) is 0 Å². The molecule has 0 aliphatic carbocycles. The second-order valence-electron chi connectivity index (χ2n) is 7.47. The second kappa shape index (κ2) is 7.01. The number of carbonyl (C=O) groups excluding carboxylic acids is 1. The summed E-state index contributed by atoms with van der Waals surface area (Å²) >= 11 is 0. The summed E-state index contributed by atoms with van der Waals surface area (Å²) in [5, 5.41) is 5.57. The molecule has 0 radical (unpaired) electrons. The zero-order valence-electron chi connectivity index (χ0n) is 16.0. The fourth-order valence-electron chi connectivity index (χ4n) is 4.25. The molecule has 146 valence electrons. The van der Waals surface area contributed by atoms with Gasteiger partial charge >= 0.3 is 0 Å². The third-order valence-electron chi connectivity index (χ3n) is 5.64. The van der Waals surface area contributed by atoms with Crippen LogP contribution in [0.1, 0.15) is 25.1 Å². The fraction of sp³-hybridized carbons (Fsp3) is 0.500. The van der Waals surface area contributed by atoms with Crippen molar-refractivity contribution in [3.63, 3.8) is 0 Å². The van der Waals surface area contributed by atoms with Gasteiger partial charge in [-0.2, -0.15) is 4.52 Å². The molecule has 4 heterocycles. The number of amides is 1. The Kier molecular flexibility index (Phi) is 4.35. The third-order valence-corrected chi connectivity index (χ3v) is 5.64. The Morgan fingerprint density at radius 3 is 2.79 bits per heavy atom. The first-order valence-electron chi connectivity index (χ1n) is 9.98. The van der Waals surface area contributed by atoms with Gasteiger partial charge in [-0.25, -0.2) is 9.97 Å². The van der Waals surface area contributed by atoms with Gasteiger partial charge in [0, 0.05) is 25.0 Å². The molecule has 2 aliphatic heterocycles. The highest BCUT2D eigenvalue weighted by Gasteiger charge is 2.35. The van der Waals surface area contributed by atoms with E-state index in [1.165, 1.54) is 0 Å². The normalized spacial score (nSPS) is 20.8. The lowest BCUT2D eigenvalue weighted by molar-refractivity contribution is -0.137. The van der Waals surface area contributed by atoms with Crippen molar-refractivity contribution in [2.45, 2.75) is 32.2 Å². The van der Waals surface area contributed by atoms with Crippen LogP contribution >= 0.6 is 0 Å². The van der Waals surface area contributed by atoms with Crippen LogP contribution in [-0.4, -0.2) is 69.3 Å². The number of hydrogen-bond donors (Lipinski definition) is 0. The quantitative estimate of drug-likeness (QED) is 0.675. The van der Waals surface area contributed by atoms with E-state index in [2.05, 4.69) is 15.0 Å². The van der Waals surface area contributed by atoms with Crippen molar-refractivity contribution in [3.8, 4) is 0 Å². The van der Waals surface area contributed by atoms with E-state index < -0.39 is 0 Å². The molecule has 2 saturated heterocycles. The first kappa shape index (κ1) is 17.4. The maximum atomic E-state index is 13.3. The summed E-state index contributed by atoms with van der Waals surface area (Å²) in [6, 6.07) is 7.76. The van der Waals surface area contributed by atoms with Gasteiger partial charge in [0.2, 0.25) is 11.9 Å². The maximum absolute atomic E-state index is 13.3. The molecule has 2 fully saturated rings. The average Bonchev–Trinajstić information content (AvgIpc) is 3.15. The Hall–Kier alpha value is -2.74. The molecule has 3 aromatic rings. The Morgan fingerprint density at radius 2 is 1.93 bits per heavy atom. The van der Waals surface area contributed by atoms with Gasteiger partial charge in [0.25, 0.3) is 0 Å². The summed E-state index contributed by atoms with van der Waals surface area (Å²) in [5.74, 6) is 1.58. The van der Waals surface area contributed by atoms with E-state index in [9.17, 15) is 4.79 Å². The number of morpholine rings is 1. The predicted octanol–water partition coefficient (Wildman–Crippen LogP) is 1.80. The Morgan fingerprint density at radius 1 is 1.11 bits per heavy atom. The van der Waals surface area contributed by atoms with Crippen LogP contribution in [0.3, 0.4) is 0 Å². The number of para-hydroxylation sites is 1. The van der Waals surface area contributed by atoms with E-state index in [0.29, 0.717) is 38.1 Å². The molecule has 1 unspecified atom stereocenters. The Labute approximate surface area is 163 Å². The molecule has 8 heteroatoms. The number of nitrogens with zero attached hydrogens (tertiary/aromatic N) is 6. The minimum Gasteiger partial charge on any atom is -0.378 e. The molecule has 0 saturated carbocycles. The Balaban J connectivity index is 1.60. The number of benzene rings is 1. The number of hydrogen-bond acceptors (Lipinski definition) is 6. The lowest BCUT2D eigenvalue weighted by Crippen LogP contribution is -2.54. The number of fused-ring (bicyclic) bond motifs is 3. The number of carbonyl (C=O) groups is 1. The van der Waals surface area contributed by atoms with Gasteiger partial charge in [-0.05, 0) is 38.3 Å². The zero-order valence-corrected chi connectivity index (χ0v) is 16.0. The van der Waals surface area contributed by atoms with E-state index >= 15 is 0 Å². The van der Waals surface area contributed by atoms with Crippen molar-refractivity contribution in [3.05, 3.63) is 30.1 Å². The number of aromatic nitrogens is 4. The van der Waals surface area contributed by atoms with Gasteiger partial charge < -0.3 is 14.5 Å². The molecule has 8 nitrogen and oxygen atoms in total. The molecule has 1 amide bonds. The van der Waals surface area contributed by atoms with Crippen molar-refractivity contribution in [1.82, 2.24) is 24.5 Å². The first-order chi connectivity index (χ1) is 13.7. The van der Waals surface area contributed by atoms with Gasteiger partial charge in [-0.1, -0.05) is 12.1 Å².